The van der Waals surface area contributed by atoms with Crippen LogP contribution in [0.5, 0.6) is 0 Å². The molecule has 0 N–H and O–H groups in total. The maximum atomic E-state index is 2.27. The van der Waals surface area contributed by atoms with Gasteiger partial charge in [0, 0.05) is 0 Å². The predicted octanol–water partition coefficient (Wildman–Crippen LogP) is 0.961. The van der Waals surface area contributed by atoms with E-state index in [-0.39, 0.29) is 34.1 Å². The van der Waals surface area contributed by atoms with E-state index in [2.05, 4.69) is 60.7 Å². The third-order valence-corrected chi connectivity index (χ3v) is 13.6. The van der Waals surface area contributed by atoms with Crippen molar-refractivity contribution in [1.82, 2.24) is 0 Å². The van der Waals surface area contributed by atoms with Crippen molar-refractivity contribution in [3.05, 3.63) is 60.7 Å². The van der Waals surface area contributed by atoms with Gasteiger partial charge in [0.2, 0.25) is 0 Å². The van der Waals surface area contributed by atoms with E-state index in [1.807, 2.05) is 0 Å². The van der Waals surface area contributed by atoms with E-state index in [9.17, 15) is 0 Å². The van der Waals surface area contributed by atoms with Gasteiger partial charge in [0.25, 0.3) is 0 Å². The third-order valence-electron chi connectivity index (χ3n) is 1.72. The number of hydrogen-bond donors (Lipinski definition) is 0. The Morgan fingerprint density at radius 3 is 1.21 bits per heavy atom. The number of rotatable bonds is 3. The first kappa shape index (κ1) is 10.5. The molecule has 0 unspecified atom stereocenters. The van der Waals surface area contributed by atoms with Crippen molar-refractivity contribution in [2.24, 2.45) is 0 Å². The van der Waals surface area contributed by atoms with E-state index in [4.69, 9.17) is 0 Å². The molecule has 0 aliphatic carbocycles. The summed E-state index contributed by atoms with van der Waals surface area (Å²) in [6.45, 7) is 0. The van der Waals surface area contributed by atoms with Crippen LogP contribution in [0, 0.1) is 0 Å². The van der Waals surface area contributed by atoms with E-state index in [0.717, 1.165) is 0 Å². The van der Waals surface area contributed by atoms with Crippen LogP contribution in [0.4, 0.5) is 0 Å². The summed E-state index contributed by atoms with van der Waals surface area (Å²) in [6.07, 6.45) is 0. The molecule has 0 saturated heterocycles. The van der Waals surface area contributed by atoms with Crippen LogP contribution in [0.15, 0.2) is 60.7 Å². The second kappa shape index (κ2) is 5.79. The van der Waals surface area contributed by atoms with Crippen LogP contribution in [-0.4, -0.2) is 34.1 Å². The van der Waals surface area contributed by atoms with Crippen molar-refractivity contribution in [2.45, 2.75) is 0 Å². The molecule has 0 aliphatic rings. The molecular weight excluding hydrogens is 399 g/mol. The average molecular weight is 409 g/mol. The molecule has 0 bridgehead atoms. The van der Waals surface area contributed by atoms with Gasteiger partial charge in [0.1, 0.15) is 0 Å². The Morgan fingerprint density at radius 1 is 0.500 bits per heavy atom. The fourth-order valence-corrected chi connectivity index (χ4v) is 11.1. The first-order valence-corrected chi connectivity index (χ1v) is 14.1. The molecule has 0 saturated carbocycles. The molecule has 0 amide bonds. The summed E-state index contributed by atoms with van der Waals surface area (Å²) in [5.74, 6) is 0. The topological polar surface area (TPSA) is 0 Å². The molecule has 0 heterocycles. The first-order valence-electron chi connectivity index (χ1n) is 4.40. The SMILES string of the molecule is c1ccc([Te][Te]c2ccccc2)cc1. The van der Waals surface area contributed by atoms with Gasteiger partial charge in [-0.2, -0.15) is 0 Å². The summed E-state index contributed by atoms with van der Waals surface area (Å²) in [7, 11) is 0. The van der Waals surface area contributed by atoms with Crippen molar-refractivity contribution >= 4 is 41.3 Å². The maximum absolute atomic E-state index is 2.27. The summed E-state index contributed by atoms with van der Waals surface area (Å²) in [5, 5.41) is 0. The van der Waals surface area contributed by atoms with E-state index in [0.29, 0.717) is 0 Å². The summed E-state index contributed by atoms with van der Waals surface area (Å²) < 4.78 is 3.20. The molecule has 0 aliphatic heterocycles. The van der Waals surface area contributed by atoms with Gasteiger partial charge in [-0.25, -0.2) is 0 Å². The molecule has 0 spiro atoms. The zero-order valence-corrected chi connectivity index (χ0v) is 12.3. The van der Waals surface area contributed by atoms with Gasteiger partial charge in [-0.1, -0.05) is 0 Å². The van der Waals surface area contributed by atoms with E-state index >= 15 is 0 Å². The summed E-state index contributed by atoms with van der Waals surface area (Å²) in [5.41, 5.74) is 0. The van der Waals surface area contributed by atoms with Gasteiger partial charge in [0.15, 0.2) is 0 Å². The predicted molar refractivity (Wildman–Crippen MR) is 63.7 cm³/mol. The molecule has 2 aromatic rings. The average Bonchev–Trinajstić information content (AvgIpc) is 2.29. The summed E-state index contributed by atoms with van der Waals surface area (Å²) in [4.78, 5) is 0. The molecule has 0 atom stereocenters. The zero-order valence-electron chi connectivity index (χ0n) is 7.59. The monoisotopic (exact) mass is 414 g/mol. The Morgan fingerprint density at radius 2 is 0.857 bits per heavy atom. The van der Waals surface area contributed by atoms with Crippen molar-refractivity contribution in [1.29, 1.82) is 0 Å². The molecule has 0 aromatic heterocycles. The molecule has 14 heavy (non-hydrogen) atoms. The summed E-state index contributed by atoms with van der Waals surface area (Å²) in [6, 6.07) is 21.9. The standard InChI is InChI=1S/C12H10Te2/c1-3-7-11(8-4-1)13-14-12-9-5-2-6-10-12/h1-10H. The Balaban J connectivity index is 1.96. The minimum atomic E-state index is 0.0996. The first-order chi connectivity index (χ1) is 6.95. The van der Waals surface area contributed by atoms with E-state index < -0.39 is 0 Å². The Bertz CT molecular complexity index is 331. The van der Waals surface area contributed by atoms with Gasteiger partial charge < -0.3 is 0 Å². The second-order valence-electron chi connectivity index (χ2n) is 2.79. The number of hydrogen-bond acceptors (Lipinski definition) is 0. The van der Waals surface area contributed by atoms with Gasteiger partial charge in [0.05, 0.1) is 0 Å². The van der Waals surface area contributed by atoms with Crippen molar-refractivity contribution in [3.8, 4) is 0 Å². The van der Waals surface area contributed by atoms with Crippen LogP contribution in [-0.2, 0) is 0 Å². The fraction of sp³-hybridized carbons (Fsp3) is 0. The van der Waals surface area contributed by atoms with Gasteiger partial charge in [-0.3, -0.25) is 0 Å². The fourth-order valence-electron chi connectivity index (χ4n) is 1.05. The van der Waals surface area contributed by atoms with Crippen molar-refractivity contribution in [3.63, 3.8) is 0 Å². The van der Waals surface area contributed by atoms with Crippen LogP contribution in [0.3, 0.4) is 0 Å². The van der Waals surface area contributed by atoms with Gasteiger partial charge >= 0.3 is 102 Å². The normalized spacial score (nSPS) is 10.0. The zero-order chi connectivity index (χ0) is 9.64. The quantitative estimate of drug-likeness (QED) is 0.663. The molecule has 2 aromatic carbocycles. The number of benzene rings is 2. The molecule has 70 valence electrons. The molecule has 0 fully saturated rings. The van der Waals surface area contributed by atoms with Crippen LogP contribution in [0.25, 0.3) is 0 Å². The van der Waals surface area contributed by atoms with Crippen molar-refractivity contribution < 1.29 is 0 Å². The minimum absolute atomic E-state index is 0.0996. The van der Waals surface area contributed by atoms with Crippen LogP contribution in [0.2, 0.25) is 0 Å². The molecule has 0 nitrogen and oxygen atoms in total. The van der Waals surface area contributed by atoms with Crippen LogP contribution >= 0.6 is 0 Å². The molecular formula is C12H10Te2. The van der Waals surface area contributed by atoms with E-state index in [1.165, 1.54) is 0 Å². The summed E-state index contributed by atoms with van der Waals surface area (Å²) >= 11 is 0.199. The molecule has 0 radical (unpaired) electrons. The van der Waals surface area contributed by atoms with E-state index in [1.54, 1.807) is 7.22 Å². The second-order valence-corrected chi connectivity index (χ2v) is 12.8. The Labute approximate surface area is 101 Å². The Kier molecular flexibility index (Phi) is 4.36. The molecule has 2 heteroatoms. The third kappa shape index (κ3) is 3.30. The van der Waals surface area contributed by atoms with Crippen molar-refractivity contribution in [2.75, 3.05) is 0 Å². The molecule has 2 rings (SSSR count). The Hall–Kier alpha value is 0.0192. The van der Waals surface area contributed by atoms with Crippen LogP contribution in [0.1, 0.15) is 0 Å². The van der Waals surface area contributed by atoms with Crippen LogP contribution < -0.4 is 7.22 Å². The van der Waals surface area contributed by atoms with Gasteiger partial charge in [-0.05, 0) is 0 Å². The van der Waals surface area contributed by atoms with Gasteiger partial charge in [-0.15, -0.1) is 0 Å².